The molecular weight excluding hydrogens is 352 g/mol. The van der Waals surface area contributed by atoms with Crippen LogP contribution in [-0.2, 0) is 3.23 Å². The molecule has 0 amide bonds. The predicted octanol–water partition coefficient (Wildman–Crippen LogP) is 5.53. The molecule has 0 unspecified atom stereocenters. The fraction of sp³-hybridized carbons (Fsp3) is 0.250. The van der Waals surface area contributed by atoms with Crippen LogP contribution in [0.2, 0.25) is 0 Å². The van der Waals surface area contributed by atoms with Crippen molar-refractivity contribution in [3.05, 3.63) is 70.8 Å². The standard InChI is InChI=1S/C16H14Br2/c1-2-11-12-7-3-5-9-14(12)16(17,18)15-10-6-4-8-13(11)15/h3-11H,2H2,1H3. The summed E-state index contributed by atoms with van der Waals surface area (Å²) in [6, 6.07) is 17.4. The molecule has 18 heavy (non-hydrogen) atoms. The molecule has 0 spiro atoms. The minimum Gasteiger partial charge on any atom is -0.0645 e. The number of rotatable bonds is 1. The van der Waals surface area contributed by atoms with Gasteiger partial charge in [-0.1, -0.05) is 87.3 Å². The summed E-state index contributed by atoms with van der Waals surface area (Å²) in [6.07, 6.45) is 1.13. The largest absolute Gasteiger partial charge is 0.131 e. The molecule has 2 heteroatoms. The number of hydrogen-bond donors (Lipinski definition) is 0. The highest BCUT2D eigenvalue weighted by Crippen LogP contribution is 2.54. The van der Waals surface area contributed by atoms with Gasteiger partial charge in [0.05, 0.1) is 0 Å². The van der Waals surface area contributed by atoms with Crippen LogP contribution in [0.25, 0.3) is 0 Å². The molecule has 0 aromatic heterocycles. The fourth-order valence-corrected chi connectivity index (χ4v) is 4.37. The molecule has 0 fully saturated rings. The molecule has 0 saturated carbocycles. The first-order valence-electron chi connectivity index (χ1n) is 6.23. The van der Waals surface area contributed by atoms with Gasteiger partial charge in [-0.3, -0.25) is 0 Å². The van der Waals surface area contributed by atoms with Gasteiger partial charge in [0.1, 0.15) is 3.23 Å². The highest BCUT2D eigenvalue weighted by atomic mass is 79.9. The minimum atomic E-state index is -0.251. The van der Waals surface area contributed by atoms with Gasteiger partial charge in [0.15, 0.2) is 0 Å². The topological polar surface area (TPSA) is 0 Å². The van der Waals surface area contributed by atoms with Crippen LogP contribution in [0.5, 0.6) is 0 Å². The van der Waals surface area contributed by atoms with Gasteiger partial charge in [-0.2, -0.15) is 0 Å². The van der Waals surface area contributed by atoms with Crippen LogP contribution < -0.4 is 0 Å². The Labute approximate surface area is 125 Å². The lowest BCUT2D eigenvalue weighted by atomic mass is 9.77. The van der Waals surface area contributed by atoms with Crippen molar-refractivity contribution in [2.24, 2.45) is 0 Å². The molecule has 1 aliphatic carbocycles. The molecule has 0 bridgehead atoms. The quantitative estimate of drug-likeness (QED) is 0.582. The minimum absolute atomic E-state index is 0.251. The molecule has 3 rings (SSSR count). The van der Waals surface area contributed by atoms with Gasteiger partial charge in [-0.25, -0.2) is 0 Å². The van der Waals surface area contributed by atoms with Gasteiger partial charge < -0.3 is 0 Å². The van der Waals surface area contributed by atoms with Crippen molar-refractivity contribution in [3.8, 4) is 0 Å². The normalized spacial score (nSPS) is 17.1. The van der Waals surface area contributed by atoms with E-state index in [0.29, 0.717) is 5.92 Å². The third kappa shape index (κ3) is 1.70. The van der Waals surface area contributed by atoms with Crippen LogP contribution in [0.4, 0.5) is 0 Å². The van der Waals surface area contributed by atoms with E-state index in [-0.39, 0.29) is 3.23 Å². The SMILES string of the molecule is CCC1c2ccccc2C(Br)(Br)c2ccccc21. The Balaban J connectivity index is 2.33. The Kier molecular flexibility index (Phi) is 3.11. The van der Waals surface area contributed by atoms with E-state index < -0.39 is 0 Å². The van der Waals surface area contributed by atoms with Crippen molar-refractivity contribution in [2.45, 2.75) is 22.5 Å². The zero-order chi connectivity index (χ0) is 12.8. The van der Waals surface area contributed by atoms with Crippen molar-refractivity contribution in [3.63, 3.8) is 0 Å². The Hall–Kier alpha value is -0.600. The molecule has 0 heterocycles. The molecule has 0 atom stereocenters. The first-order valence-corrected chi connectivity index (χ1v) is 7.81. The Morgan fingerprint density at radius 3 is 1.78 bits per heavy atom. The van der Waals surface area contributed by atoms with E-state index >= 15 is 0 Å². The molecule has 2 aromatic rings. The van der Waals surface area contributed by atoms with E-state index in [1.54, 1.807) is 0 Å². The van der Waals surface area contributed by atoms with Crippen molar-refractivity contribution >= 4 is 31.9 Å². The molecule has 92 valence electrons. The van der Waals surface area contributed by atoms with Crippen LogP contribution in [0.1, 0.15) is 41.5 Å². The molecule has 0 aliphatic heterocycles. The number of alkyl halides is 2. The lowest BCUT2D eigenvalue weighted by Crippen LogP contribution is -2.24. The van der Waals surface area contributed by atoms with Gasteiger partial charge in [-0.05, 0) is 28.7 Å². The van der Waals surface area contributed by atoms with Crippen LogP contribution in [-0.4, -0.2) is 0 Å². The highest BCUT2D eigenvalue weighted by Gasteiger charge is 2.39. The van der Waals surface area contributed by atoms with Crippen LogP contribution in [0.3, 0.4) is 0 Å². The van der Waals surface area contributed by atoms with Crippen molar-refractivity contribution in [1.29, 1.82) is 0 Å². The highest BCUT2D eigenvalue weighted by molar-refractivity contribution is 9.25. The second-order valence-corrected chi connectivity index (χ2v) is 8.15. The zero-order valence-corrected chi connectivity index (χ0v) is 13.3. The first kappa shape index (κ1) is 12.4. The monoisotopic (exact) mass is 364 g/mol. The van der Waals surface area contributed by atoms with Crippen LogP contribution in [0.15, 0.2) is 48.5 Å². The smallest absolute Gasteiger partial charge is 0.0645 e. The number of benzene rings is 2. The van der Waals surface area contributed by atoms with Crippen molar-refractivity contribution in [1.82, 2.24) is 0 Å². The summed E-state index contributed by atoms with van der Waals surface area (Å²) in [5.74, 6) is 0.501. The summed E-state index contributed by atoms with van der Waals surface area (Å²) in [6.45, 7) is 2.26. The average molecular weight is 366 g/mol. The maximum atomic E-state index is 3.86. The molecular formula is C16H14Br2. The van der Waals surface area contributed by atoms with Crippen molar-refractivity contribution in [2.75, 3.05) is 0 Å². The van der Waals surface area contributed by atoms with Crippen LogP contribution in [0, 0.1) is 0 Å². The van der Waals surface area contributed by atoms with Gasteiger partial charge in [0, 0.05) is 5.92 Å². The number of halogens is 2. The summed E-state index contributed by atoms with van der Waals surface area (Å²) in [5, 5.41) is 0. The molecule has 0 nitrogen and oxygen atoms in total. The van der Waals surface area contributed by atoms with E-state index in [1.165, 1.54) is 22.3 Å². The van der Waals surface area contributed by atoms with E-state index in [2.05, 4.69) is 87.3 Å². The Morgan fingerprint density at radius 2 is 1.33 bits per heavy atom. The summed E-state index contributed by atoms with van der Waals surface area (Å²) < 4.78 is -0.251. The lowest BCUT2D eigenvalue weighted by molar-refractivity contribution is 0.730. The second-order valence-electron chi connectivity index (χ2n) is 4.71. The number of hydrogen-bond acceptors (Lipinski definition) is 0. The summed E-state index contributed by atoms with van der Waals surface area (Å²) in [5.41, 5.74) is 5.51. The van der Waals surface area contributed by atoms with Gasteiger partial charge in [0.2, 0.25) is 0 Å². The van der Waals surface area contributed by atoms with E-state index in [1.807, 2.05) is 0 Å². The van der Waals surface area contributed by atoms with E-state index in [4.69, 9.17) is 0 Å². The third-order valence-electron chi connectivity index (χ3n) is 3.76. The Morgan fingerprint density at radius 1 is 0.889 bits per heavy atom. The lowest BCUT2D eigenvalue weighted by Gasteiger charge is -2.36. The zero-order valence-electron chi connectivity index (χ0n) is 10.2. The maximum absolute atomic E-state index is 3.86. The fourth-order valence-electron chi connectivity index (χ4n) is 2.93. The van der Waals surface area contributed by atoms with E-state index in [0.717, 1.165) is 6.42 Å². The van der Waals surface area contributed by atoms with Crippen molar-refractivity contribution < 1.29 is 0 Å². The molecule has 0 radical (unpaired) electrons. The summed E-state index contributed by atoms with van der Waals surface area (Å²) in [4.78, 5) is 0. The second kappa shape index (κ2) is 4.50. The summed E-state index contributed by atoms with van der Waals surface area (Å²) >= 11 is 7.73. The van der Waals surface area contributed by atoms with Gasteiger partial charge in [0.25, 0.3) is 0 Å². The Bertz CT molecular complexity index is 538. The van der Waals surface area contributed by atoms with Crippen LogP contribution >= 0.6 is 31.9 Å². The molecule has 2 aromatic carbocycles. The maximum Gasteiger partial charge on any atom is 0.131 e. The first-order chi connectivity index (χ1) is 8.66. The number of fused-ring (bicyclic) bond motifs is 2. The molecule has 0 saturated heterocycles. The average Bonchev–Trinajstić information content (AvgIpc) is 2.40. The third-order valence-corrected chi connectivity index (χ3v) is 5.47. The molecule has 0 N–H and O–H groups in total. The predicted molar refractivity (Wildman–Crippen MR) is 83.7 cm³/mol. The summed E-state index contributed by atoms with van der Waals surface area (Å²) in [7, 11) is 0. The molecule has 1 aliphatic rings. The van der Waals surface area contributed by atoms with E-state index in [9.17, 15) is 0 Å². The van der Waals surface area contributed by atoms with Gasteiger partial charge in [-0.15, -0.1) is 0 Å². The van der Waals surface area contributed by atoms with Gasteiger partial charge >= 0.3 is 0 Å².